The third kappa shape index (κ3) is 2.60. The summed E-state index contributed by atoms with van der Waals surface area (Å²) in [7, 11) is 0. The molecule has 3 rings (SSSR count). The largest absolute Gasteiger partial charge is 0.326 e. The topological polar surface area (TPSA) is 89.8 Å². The average Bonchev–Trinajstić information content (AvgIpc) is 2.78. The van der Waals surface area contributed by atoms with Crippen molar-refractivity contribution in [1.29, 1.82) is 0 Å². The third-order valence-electron chi connectivity index (χ3n) is 3.78. The SMILES string of the molecule is CC1CC(C(=O)Nc2ccc3[nH]c(=O)[nH]c3c2)CCN1. The van der Waals surface area contributed by atoms with Crippen LogP contribution < -0.4 is 16.3 Å². The van der Waals surface area contributed by atoms with Gasteiger partial charge in [0.05, 0.1) is 11.0 Å². The number of benzene rings is 1. The highest BCUT2D eigenvalue weighted by Crippen LogP contribution is 2.20. The van der Waals surface area contributed by atoms with Crippen LogP contribution in [0.5, 0.6) is 0 Å². The number of aromatic amines is 2. The molecule has 1 saturated heterocycles. The van der Waals surface area contributed by atoms with Crippen molar-refractivity contribution in [2.75, 3.05) is 11.9 Å². The predicted molar refractivity (Wildman–Crippen MR) is 77.7 cm³/mol. The van der Waals surface area contributed by atoms with E-state index in [1.54, 1.807) is 18.2 Å². The number of amides is 1. The van der Waals surface area contributed by atoms with E-state index < -0.39 is 0 Å². The number of hydrogen-bond donors (Lipinski definition) is 4. The Kier molecular flexibility index (Phi) is 3.31. The summed E-state index contributed by atoms with van der Waals surface area (Å²) in [5.74, 6) is 0.0998. The minimum atomic E-state index is -0.240. The molecule has 1 aliphatic rings. The number of piperidine rings is 1. The molecule has 0 radical (unpaired) electrons. The normalized spacial score (nSPS) is 22.9. The number of carbonyl (C=O) groups is 1. The van der Waals surface area contributed by atoms with Crippen LogP contribution in [0.1, 0.15) is 19.8 Å². The molecule has 2 heterocycles. The van der Waals surface area contributed by atoms with Crippen LogP contribution in [0.4, 0.5) is 5.69 Å². The van der Waals surface area contributed by atoms with Gasteiger partial charge in [-0.25, -0.2) is 4.79 Å². The standard InChI is InChI=1S/C14H18N4O2/c1-8-6-9(4-5-15-8)13(19)16-10-2-3-11-12(7-10)18-14(20)17-11/h2-3,7-9,15H,4-6H2,1H3,(H,16,19)(H2,17,18,20). The maximum Gasteiger partial charge on any atom is 0.323 e. The summed E-state index contributed by atoms with van der Waals surface area (Å²) in [4.78, 5) is 28.8. The van der Waals surface area contributed by atoms with Gasteiger partial charge < -0.3 is 20.6 Å². The highest BCUT2D eigenvalue weighted by atomic mass is 16.2. The molecule has 1 fully saturated rings. The first-order chi connectivity index (χ1) is 9.61. The van der Waals surface area contributed by atoms with Crippen LogP contribution in [0, 0.1) is 5.92 Å². The Bertz CT molecular complexity index is 688. The summed E-state index contributed by atoms with van der Waals surface area (Å²) in [6.07, 6.45) is 1.72. The van der Waals surface area contributed by atoms with Gasteiger partial charge in [0.2, 0.25) is 5.91 Å². The van der Waals surface area contributed by atoms with E-state index in [0.29, 0.717) is 17.2 Å². The number of rotatable bonds is 2. The molecule has 0 aliphatic carbocycles. The smallest absolute Gasteiger partial charge is 0.323 e. The van der Waals surface area contributed by atoms with Gasteiger partial charge in [-0.15, -0.1) is 0 Å². The monoisotopic (exact) mass is 274 g/mol. The molecule has 20 heavy (non-hydrogen) atoms. The van der Waals surface area contributed by atoms with Crippen LogP contribution >= 0.6 is 0 Å². The average molecular weight is 274 g/mol. The number of anilines is 1. The zero-order chi connectivity index (χ0) is 14.1. The molecule has 2 atom stereocenters. The molecule has 2 unspecified atom stereocenters. The van der Waals surface area contributed by atoms with Crippen LogP contribution in [0.2, 0.25) is 0 Å². The van der Waals surface area contributed by atoms with Crippen molar-refractivity contribution in [3.05, 3.63) is 28.7 Å². The lowest BCUT2D eigenvalue weighted by Gasteiger charge is -2.27. The van der Waals surface area contributed by atoms with Crippen molar-refractivity contribution in [3.8, 4) is 0 Å². The summed E-state index contributed by atoms with van der Waals surface area (Å²) in [6.45, 7) is 2.97. The quantitative estimate of drug-likeness (QED) is 0.663. The number of fused-ring (bicyclic) bond motifs is 1. The van der Waals surface area contributed by atoms with E-state index >= 15 is 0 Å². The van der Waals surface area contributed by atoms with E-state index in [9.17, 15) is 9.59 Å². The van der Waals surface area contributed by atoms with Gasteiger partial charge in [-0.1, -0.05) is 0 Å². The van der Waals surface area contributed by atoms with E-state index in [-0.39, 0.29) is 17.5 Å². The molecule has 1 aromatic carbocycles. The molecule has 6 heteroatoms. The maximum atomic E-state index is 12.2. The Morgan fingerprint density at radius 2 is 2.10 bits per heavy atom. The molecule has 0 spiro atoms. The molecule has 6 nitrogen and oxygen atoms in total. The lowest BCUT2D eigenvalue weighted by atomic mass is 9.92. The fraction of sp³-hybridized carbons (Fsp3) is 0.429. The lowest BCUT2D eigenvalue weighted by Crippen LogP contribution is -2.40. The summed E-state index contributed by atoms with van der Waals surface area (Å²) < 4.78 is 0. The van der Waals surface area contributed by atoms with E-state index in [1.807, 2.05) is 0 Å². The van der Waals surface area contributed by atoms with Crippen LogP contribution in [0.15, 0.2) is 23.0 Å². The third-order valence-corrected chi connectivity index (χ3v) is 3.78. The Morgan fingerprint density at radius 3 is 2.90 bits per heavy atom. The number of imidazole rings is 1. The van der Waals surface area contributed by atoms with Gasteiger partial charge in [-0.05, 0) is 44.5 Å². The van der Waals surface area contributed by atoms with Crippen LogP contribution in [-0.4, -0.2) is 28.5 Å². The molecule has 0 saturated carbocycles. The van der Waals surface area contributed by atoms with Crippen LogP contribution in [0.25, 0.3) is 11.0 Å². The summed E-state index contributed by atoms with van der Waals surface area (Å²) in [5, 5.41) is 6.26. The summed E-state index contributed by atoms with van der Waals surface area (Å²) in [5.41, 5.74) is 1.91. The highest BCUT2D eigenvalue weighted by Gasteiger charge is 2.24. The van der Waals surface area contributed by atoms with Gasteiger partial charge in [-0.3, -0.25) is 4.79 Å². The first-order valence-electron chi connectivity index (χ1n) is 6.88. The van der Waals surface area contributed by atoms with E-state index in [4.69, 9.17) is 0 Å². The second-order valence-electron chi connectivity index (χ2n) is 5.41. The lowest BCUT2D eigenvalue weighted by molar-refractivity contribution is -0.120. The fourth-order valence-corrected chi connectivity index (χ4v) is 2.72. The Balaban J connectivity index is 1.74. The van der Waals surface area contributed by atoms with E-state index in [0.717, 1.165) is 24.9 Å². The Morgan fingerprint density at radius 1 is 1.30 bits per heavy atom. The van der Waals surface area contributed by atoms with Crippen molar-refractivity contribution >= 4 is 22.6 Å². The zero-order valence-electron chi connectivity index (χ0n) is 11.3. The molecule has 1 aliphatic heterocycles. The number of hydrogen-bond acceptors (Lipinski definition) is 3. The molecular formula is C14H18N4O2. The summed E-state index contributed by atoms with van der Waals surface area (Å²) in [6, 6.07) is 5.74. The molecule has 1 amide bonds. The first kappa shape index (κ1) is 12.9. The highest BCUT2D eigenvalue weighted by molar-refractivity contribution is 5.94. The minimum absolute atomic E-state index is 0.0484. The Labute approximate surface area is 116 Å². The van der Waals surface area contributed by atoms with Gasteiger partial charge in [0, 0.05) is 17.6 Å². The van der Waals surface area contributed by atoms with Crippen molar-refractivity contribution < 1.29 is 4.79 Å². The molecular weight excluding hydrogens is 256 g/mol. The first-order valence-corrected chi connectivity index (χ1v) is 6.88. The van der Waals surface area contributed by atoms with Crippen molar-refractivity contribution in [2.45, 2.75) is 25.8 Å². The molecule has 0 bridgehead atoms. The molecule has 106 valence electrons. The van der Waals surface area contributed by atoms with E-state index in [1.165, 1.54) is 0 Å². The minimum Gasteiger partial charge on any atom is -0.326 e. The van der Waals surface area contributed by atoms with Crippen LogP contribution in [0.3, 0.4) is 0 Å². The van der Waals surface area contributed by atoms with Crippen molar-refractivity contribution in [2.24, 2.45) is 5.92 Å². The van der Waals surface area contributed by atoms with Crippen molar-refractivity contribution in [1.82, 2.24) is 15.3 Å². The van der Waals surface area contributed by atoms with Crippen LogP contribution in [-0.2, 0) is 4.79 Å². The Hall–Kier alpha value is -2.08. The molecule has 1 aromatic heterocycles. The second-order valence-corrected chi connectivity index (χ2v) is 5.41. The maximum absolute atomic E-state index is 12.2. The summed E-state index contributed by atoms with van der Waals surface area (Å²) >= 11 is 0. The fourth-order valence-electron chi connectivity index (χ4n) is 2.72. The van der Waals surface area contributed by atoms with E-state index in [2.05, 4.69) is 27.5 Å². The van der Waals surface area contributed by atoms with Gasteiger partial charge in [0.25, 0.3) is 0 Å². The zero-order valence-corrected chi connectivity index (χ0v) is 11.3. The van der Waals surface area contributed by atoms with Gasteiger partial charge in [0.1, 0.15) is 0 Å². The predicted octanol–water partition coefficient (Wildman–Crippen LogP) is 1.18. The van der Waals surface area contributed by atoms with Gasteiger partial charge >= 0.3 is 5.69 Å². The molecule has 2 aromatic rings. The number of carbonyl (C=O) groups excluding carboxylic acids is 1. The van der Waals surface area contributed by atoms with Gasteiger partial charge in [-0.2, -0.15) is 0 Å². The number of nitrogens with one attached hydrogen (secondary N) is 4. The van der Waals surface area contributed by atoms with Gasteiger partial charge in [0.15, 0.2) is 0 Å². The molecule has 4 N–H and O–H groups in total. The number of H-pyrrole nitrogens is 2. The van der Waals surface area contributed by atoms with Crippen molar-refractivity contribution in [3.63, 3.8) is 0 Å². The second kappa shape index (κ2) is 5.13. The number of aromatic nitrogens is 2.